The summed E-state index contributed by atoms with van der Waals surface area (Å²) < 4.78 is 39.3. The first-order valence-electron chi connectivity index (χ1n) is 5.48. The van der Waals surface area contributed by atoms with Gasteiger partial charge in [-0.25, -0.2) is 22.3 Å². The van der Waals surface area contributed by atoms with Crippen molar-refractivity contribution in [3.8, 4) is 0 Å². The fraction of sp³-hybridized carbons (Fsp3) is 0.273. The molecule has 0 spiro atoms. The van der Waals surface area contributed by atoms with Crippen LogP contribution in [0.4, 0.5) is 4.39 Å². The maximum atomic E-state index is 13.5. The van der Waals surface area contributed by atoms with Gasteiger partial charge in [-0.05, 0) is 12.1 Å². The number of hydrogen-bond donors (Lipinski definition) is 2. The Morgan fingerprint density at radius 2 is 1.95 bits per heavy atom. The highest BCUT2D eigenvalue weighted by atomic mass is 35.5. The number of carboxylic acid groups (broad SMARTS) is 1. The molecule has 0 fully saturated rings. The minimum Gasteiger partial charge on any atom is -0.478 e. The Hall–Kier alpha value is -1.71. The molecule has 1 rings (SSSR count). The van der Waals surface area contributed by atoms with Crippen LogP contribution in [0.15, 0.2) is 17.0 Å². The summed E-state index contributed by atoms with van der Waals surface area (Å²) in [5.74, 6) is -3.28. The monoisotopic (exact) mass is 338 g/mol. The third-order valence-corrected chi connectivity index (χ3v) is 4.22. The second kappa shape index (κ2) is 6.37. The van der Waals surface area contributed by atoms with Gasteiger partial charge in [-0.1, -0.05) is 11.6 Å². The molecule has 2 N–H and O–H groups in total. The number of halogens is 2. The quantitative estimate of drug-likeness (QED) is 0.815. The van der Waals surface area contributed by atoms with Gasteiger partial charge in [0, 0.05) is 14.1 Å². The van der Waals surface area contributed by atoms with Gasteiger partial charge in [-0.3, -0.25) is 4.79 Å². The largest absolute Gasteiger partial charge is 0.478 e. The Morgan fingerprint density at radius 1 is 1.38 bits per heavy atom. The normalized spacial score (nSPS) is 11.2. The highest BCUT2D eigenvalue weighted by molar-refractivity contribution is 7.89. The van der Waals surface area contributed by atoms with Gasteiger partial charge in [0.05, 0.1) is 22.0 Å². The molecule has 0 aliphatic rings. The van der Waals surface area contributed by atoms with Gasteiger partial charge in [0.15, 0.2) is 0 Å². The zero-order chi connectivity index (χ0) is 16.4. The fourth-order valence-corrected chi connectivity index (χ4v) is 2.47. The molecule has 0 saturated heterocycles. The van der Waals surface area contributed by atoms with E-state index < -0.39 is 49.7 Å². The van der Waals surface area contributed by atoms with Crippen LogP contribution in [0.25, 0.3) is 0 Å². The average molecular weight is 339 g/mol. The molecular formula is C11H12ClFN2O5S. The van der Waals surface area contributed by atoms with Gasteiger partial charge in [0.2, 0.25) is 15.9 Å². The Labute approximate surface area is 125 Å². The number of sulfonamides is 1. The van der Waals surface area contributed by atoms with E-state index >= 15 is 0 Å². The maximum absolute atomic E-state index is 13.5. The van der Waals surface area contributed by atoms with Crippen LogP contribution in [-0.4, -0.2) is 50.9 Å². The Kier molecular flexibility index (Phi) is 5.26. The topological polar surface area (TPSA) is 104 Å². The number of aromatic carboxylic acids is 1. The molecule has 21 heavy (non-hydrogen) atoms. The molecule has 0 aliphatic heterocycles. The second-order valence-corrected chi connectivity index (χ2v) is 6.33. The molecule has 0 atom stereocenters. The summed E-state index contributed by atoms with van der Waals surface area (Å²) in [6.45, 7) is -0.540. The van der Waals surface area contributed by atoms with Crippen molar-refractivity contribution in [1.29, 1.82) is 0 Å². The first-order chi connectivity index (χ1) is 9.56. The van der Waals surface area contributed by atoms with E-state index in [4.69, 9.17) is 16.7 Å². The van der Waals surface area contributed by atoms with Crippen LogP contribution in [0.5, 0.6) is 0 Å². The Bertz CT molecular complexity index is 690. The van der Waals surface area contributed by atoms with Crippen LogP contribution in [-0.2, 0) is 14.8 Å². The average Bonchev–Trinajstić information content (AvgIpc) is 2.38. The zero-order valence-corrected chi connectivity index (χ0v) is 12.6. The summed E-state index contributed by atoms with van der Waals surface area (Å²) in [5, 5.41) is 8.15. The van der Waals surface area contributed by atoms with Crippen molar-refractivity contribution in [1.82, 2.24) is 9.62 Å². The Morgan fingerprint density at radius 3 is 2.43 bits per heavy atom. The molecule has 0 saturated carbocycles. The molecule has 0 radical (unpaired) electrons. The number of likely N-dealkylation sites (N-methyl/N-ethyl adjacent to an activating group) is 1. The molecule has 0 heterocycles. The number of nitrogens with zero attached hydrogens (tertiary/aromatic N) is 1. The number of amides is 1. The molecular weight excluding hydrogens is 327 g/mol. The lowest BCUT2D eigenvalue weighted by atomic mass is 10.2. The van der Waals surface area contributed by atoms with Gasteiger partial charge in [-0.2, -0.15) is 0 Å². The van der Waals surface area contributed by atoms with Crippen molar-refractivity contribution < 1.29 is 27.5 Å². The number of carbonyl (C=O) groups excluding carboxylic acids is 1. The van der Waals surface area contributed by atoms with E-state index in [1.54, 1.807) is 0 Å². The standard InChI is InChI=1S/C11H12ClFN2O5S/c1-15(2)9(16)5-14-21(19,20)6-3-7(11(17)18)10(12)8(13)4-6/h3-4,14H,5H2,1-2H3,(H,17,18). The molecule has 7 nitrogen and oxygen atoms in total. The highest BCUT2D eigenvalue weighted by Crippen LogP contribution is 2.24. The van der Waals surface area contributed by atoms with E-state index in [-0.39, 0.29) is 0 Å². The molecule has 1 aromatic rings. The van der Waals surface area contributed by atoms with Gasteiger partial charge >= 0.3 is 5.97 Å². The number of carbonyl (C=O) groups is 2. The molecule has 1 amide bonds. The number of carboxylic acids is 1. The summed E-state index contributed by atoms with van der Waals surface area (Å²) >= 11 is 5.45. The summed E-state index contributed by atoms with van der Waals surface area (Å²) in [6, 6.07) is 1.30. The van der Waals surface area contributed by atoms with Crippen LogP contribution in [0.3, 0.4) is 0 Å². The van der Waals surface area contributed by atoms with Crippen LogP contribution in [0, 0.1) is 5.82 Å². The molecule has 0 unspecified atom stereocenters. The second-order valence-electron chi connectivity index (χ2n) is 4.18. The number of nitrogens with one attached hydrogen (secondary N) is 1. The number of rotatable bonds is 5. The van der Waals surface area contributed by atoms with E-state index in [0.717, 1.165) is 11.0 Å². The molecule has 10 heteroatoms. The van der Waals surface area contributed by atoms with Gasteiger partial charge in [0.1, 0.15) is 5.82 Å². The van der Waals surface area contributed by atoms with Crippen LogP contribution in [0.1, 0.15) is 10.4 Å². The van der Waals surface area contributed by atoms with E-state index in [2.05, 4.69) is 0 Å². The van der Waals surface area contributed by atoms with Crippen LogP contribution < -0.4 is 4.72 Å². The van der Waals surface area contributed by atoms with Crippen molar-refractivity contribution in [3.63, 3.8) is 0 Å². The predicted octanol–water partition coefficient (Wildman–Crippen LogP) is 0.544. The van der Waals surface area contributed by atoms with Gasteiger partial charge in [-0.15, -0.1) is 0 Å². The van der Waals surface area contributed by atoms with Crippen molar-refractivity contribution in [2.24, 2.45) is 0 Å². The first-order valence-corrected chi connectivity index (χ1v) is 7.34. The van der Waals surface area contributed by atoms with Crippen molar-refractivity contribution >= 4 is 33.5 Å². The smallest absolute Gasteiger partial charge is 0.337 e. The summed E-state index contributed by atoms with van der Waals surface area (Å²) in [7, 11) is -1.38. The molecule has 0 bridgehead atoms. The third kappa shape index (κ3) is 4.13. The number of benzene rings is 1. The van der Waals surface area contributed by atoms with E-state index in [1.807, 2.05) is 4.72 Å². The van der Waals surface area contributed by atoms with E-state index in [0.29, 0.717) is 6.07 Å². The fourth-order valence-electron chi connectivity index (χ4n) is 1.27. The SMILES string of the molecule is CN(C)C(=O)CNS(=O)(=O)c1cc(F)c(Cl)c(C(=O)O)c1. The summed E-state index contributed by atoms with van der Waals surface area (Å²) in [5.41, 5.74) is -0.684. The minimum absolute atomic E-state index is 0.522. The van der Waals surface area contributed by atoms with Crippen molar-refractivity contribution in [2.75, 3.05) is 20.6 Å². The van der Waals surface area contributed by atoms with E-state index in [9.17, 15) is 22.4 Å². The number of hydrogen-bond acceptors (Lipinski definition) is 4. The summed E-state index contributed by atoms with van der Waals surface area (Å²) in [6.07, 6.45) is 0. The molecule has 0 aromatic heterocycles. The Balaban J connectivity index is 3.15. The van der Waals surface area contributed by atoms with Crippen molar-refractivity contribution in [2.45, 2.75) is 4.90 Å². The molecule has 1 aromatic carbocycles. The first kappa shape index (κ1) is 17.3. The lowest BCUT2D eigenvalue weighted by Gasteiger charge is -2.12. The van der Waals surface area contributed by atoms with Gasteiger partial charge in [0.25, 0.3) is 0 Å². The van der Waals surface area contributed by atoms with Gasteiger partial charge < -0.3 is 10.0 Å². The molecule has 116 valence electrons. The van der Waals surface area contributed by atoms with Crippen LogP contribution in [0.2, 0.25) is 5.02 Å². The van der Waals surface area contributed by atoms with Crippen molar-refractivity contribution in [3.05, 3.63) is 28.5 Å². The van der Waals surface area contributed by atoms with Crippen LogP contribution >= 0.6 is 11.6 Å². The lowest BCUT2D eigenvalue weighted by Crippen LogP contribution is -2.36. The zero-order valence-electron chi connectivity index (χ0n) is 11.1. The predicted molar refractivity (Wildman–Crippen MR) is 72.3 cm³/mol. The maximum Gasteiger partial charge on any atom is 0.337 e. The minimum atomic E-state index is -4.24. The highest BCUT2D eigenvalue weighted by Gasteiger charge is 2.22. The third-order valence-electron chi connectivity index (χ3n) is 2.45. The molecule has 0 aliphatic carbocycles. The summed E-state index contributed by atoms with van der Waals surface area (Å²) in [4.78, 5) is 22.7. The van der Waals surface area contributed by atoms with E-state index in [1.165, 1.54) is 14.1 Å². The lowest BCUT2D eigenvalue weighted by molar-refractivity contribution is -0.127.